The maximum absolute atomic E-state index is 11.2. The molecule has 0 unspecified atom stereocenters. The number of rotatable bonds is 6. The van der Waals surface area contributed by atoms with E-state index in [2.05, 4.69) is 5.32 Å². The molecular weight excluding hydrogens is 368 g/mol. The van der Waals surface area contributed by atoms with E-state index in [-0.39, 0.29) is 5.91 Å². The highest BCUT2D eigenvalue weighted by molar-refractivity contribution is 5.85. The van der Waals surface area contributed by atoms with Gasteiger partial charge in [0.05, 0.1) is 19.2 Å². The van der Waals surface area contributed by atoms with Crippen LogP contribution in [0.3, 0.4) is 0 Å². The quantitative estimate of drug-likeness (QED) is 0.438. The minimum Gasteiger partial charge on any atom is -0.497 e. The third kappa shape index (κ3) is 3.85. The molecule has 1 amide bonds. The van der Waals surface area contributed by atoms with Gasteiger partial charge in [0.2, 0.25) is 5.91 Å². The lowest BCUT2D eigenvalue weighted by Crippen LogP contribution is -2.56. The first kappa shape index (κ1) is 20.6. The van der Waals surface area contributed by atoms with Crippen molar-refractivity contribution in [2.24, 2.45) is 0 Å². The zero-order chi connectivity index (χ0) is 20.4. The number of hydrogen-bond donors (Lipinski definition) is 5. The number of methoxy groups -OCH3 is 1. The third-order valence-corrected chi connectivity index (χ3v) is 5.03. The van der Waals surface area contributed by atoms with Crippen molar-refractivity contribution in [3.63, 3.8) is 0 Å². The fourth-order valence-corrected chi connectivity index (χ4v) is 3.53. The monoisotopic (exact) mass is 394 g/mol. The Morgan fingerprint density at radius 2 is 2.00 bits per heavy atom. The maximum Gasteiger partial charge on any atom is 0.216 e. The summed E-state index contributed by atoms with van der Waals surface area (Å²) in [5.41, 5.74) is 1.61. The predicted molar refractivity (Wildman–Crippen MR) is 99.9 cm³/mol. The van der Waals surface area contributed by atoms with Gasteiger partial charge < -0.3 is 39.8 Å². The zero-order valence-electron chi connectivity index (χ0n) is 15.8. The van der Waals surface area contributed by atoms with Crippen LogP contribution in [0.1, 0.15) is 18.7 Å². The van der Waals surface area contributed by atoms with Crippen LogP contribution in [0.2, 0.25) is 0 Å². The fourth-order valence-electron chi connectivity index (χ4n) is 3.53. The minimum absolute atomic E-state index is 0.129. The molecule has 1 saturated heterocycles. The molecule has 1 aliphatic rings. The number of hydrogen-bond acceptors (Lipinski definition) is 7. The molecule has 1 aromatic carbocycles. The molecular formula is C19H26N2O7. The number of nitrogens with zero attached hydrogens (tertiary/aromatic N) is 1. The number of ether oxygens (including phenoxy) is 2. The third-order valence-electron chi connectivity index (χ3n) is 5.03. The molecule has 2 aromatic rings. The van der Waals surface area contributed by atoms with Crippen LogP contribution in [-0.4, -0.2) is 75.6 Å². The maximum atomic E-state index is 11.2. The molecule has 0 aliphatic carbocycles. The molecule has 0 radical (unpaired) electrons. The van der Waals surface area contributed by atoms with E-state index < -0.39 is 37.3 Å². The summed E-state index contributed by atoms with van der Waals surface area (Å²) >= 11 is 0. The average molecular weight is 394 g/mol. The Hall–Kier alpha value is -2.17. The molecule has 2 heterocycles. The summed E-state index contributed by atoms with van der Waals surface area (Å²) in [6.45, 7) is 1.38. The van der Waals surface area contributed by atoms with Gasteiger partial charge in [-0.1, -0.05) is 0 Å². The van der Waals surface area contributed by atoms with Crippen LogP contribution < -0.4 is 10.1 Å². The van der Waals surface area contributed by atoms with Crippen LogP contribution in [0, 0.1) is 0 Å². The molecule has 9 heteroatoms. The first-order valence-corrected chi connectivity index (χ1v) is 9.09. The summed E-state index contributed by atoms with van der Waals surface area (Å²) in [6, 6.07) is 5.41. The summed E-state index contributed by atoms with van der Waals surface area (Å²) in [4.78, 5) is 11.2. The van der Waals surface area contributed by atoms with Crippen molar-refractivity contribution >= 4 is 16.8 Å². The average Bonchev–Trinajstić information content (AvgIpc) is 3.04. The number of benzene rings is 1. The van der Waals surface area contributed by atoms with Crippen molar-refractivity contribution in [3.8, 4) is 5.75 Å². The SMILES string of the molecule is COc1ccc2c(c1)c(CCNC(C)=O)cn2[C@@H]1O[C@H](CO)[C@@H](O)[C@H](O)[C@H]1O. The summed E-state index contributed by atoms with van der Waals surface area (Å²) in [5.74, 6) is 0.523. The second-order valence-electron chi connectivity index (χ2n) is 6.90. The van der Waals surface area contributed by atoms with Crippen molar-refractivity contribution in [2.45, 2.75) is 44.0 Å². The molecule has 1 aliphatic heterocycles. The number of aromatic nitrogens is 1. The number of carbonyl (C=O) groups excluding carboxylic acids is 1. The number of fused-ring (bicyclic) bond motifs is 1. The minimum atomic E-state index is -1.46. The van der Waals surface area contributed by atoms with Crippen molar-refractivity contribution in [1.29, 1.82) is 0 Å². The van der Waals surface area contributed by atoms with Crippen LogP contribution in [0.15, 0.2) is 24.4 Å². The Bertz CT molecular complexity index is 835. The predicted octanol–water partition coefficient (Wildman–Crippen LogP) is -0.699. The van der Waals surface area contributed by atoms with E-state index in [1.807, 2.05) is 6.07 Å². The molecule has 5 N–H and O–H groups in total. The van der Waals surface area contributed by atoms with Gasteiger partial charge in [-0.05, 0) is 30.2 Å². The summed E-state index contributed by atoms with van der Waals surface area (Å²) in [6.07, 6.45) is -3.96. The van der Waals surface area contributed by atoms with Gasteiger partial charge in [-0.3, -0.25) is 4.79 Å². The van der Waals surface area contributed by atoms with Gasteiger partial charge >= 0.3 is 0 Å². The highest BCUT2D eigenvalue weighted by Gasteiger charge is 2.44. The van der Waals surface area contributed by atoms with Gasteiger partial charge in [0.1, 0.15) is 30.2 Å². The highest BCUT2D eigenvalue weighted by Crippen LogP contribution is 2.34. The smallest absolute Gasteiger partial charge is 0.216 e. The molecule has 3 rings (SSSR count). The van der Waals surface area contributed by atoms with E-state index >= 15 is 0 Å². The number of nitrogens with one attached hydrogen (secondary N) is 1. The summed E-state index contributed by atoms with van der Waals surface area (Å²) in [5, 5.41) is 43.6. The first-order valence-electron chi connectivity index (χ1n) is 9.09. The van der Waals surface area contributed by atoms with Gasteiger partial charge in [0, 0.05) is 25.1 Å². The van der Waals surface area contributed by atoms with Crippen molar-refractivity contribution in [1.82, 2.24) is 9.88 Å². The standard InChI is InChI=1S/C19H26N2O7/c1-10(23)20-6-5-11-8-21(14-4-3-12(27-2)7-13(11)14)19-18(26)17(25)16(24)15(9-22)28-19/h3-4,7-8,15-19,22,24-26H,5-6,9H2,1-2H3,(H,20,23)/t15-,16-,17+,18-,19-/m1/s1. The number of amides is 1. The molecule has 0 spiro atoms. The topological polar surface area (TPSA) is 133 Å². The van der Waals surface area contributed by atoms with Gasteiger partial charge in [-0.2, -0.15) is 0 Å². The highest BCUT2D eigenvalue weighted by atomic mass is 16.6. The van der Waals surface area contributed by atoms with Crippen LogP contribution in [0.5, 0.6) is 5.75 Å². The molecule has 1 aromatic heterocycles. The van der Waals surface area contributed by atoms with Crippen molar-refractivity contribution in [2.75, 3.05) is 20.3 Å². The van der Waals surface area contributed by atoms with Crippen LogP contribution in [0.25, 0.3) is 10.9 Å². The Balaban J connectivity index is 2.01. The second-order valence-corrected chi connectivity index (χ2v) is 6.90. The van der Waals surface area contributed by atoms with Crippen molar-refractivity contribution < 1.29 is 34.7 Å². The van der Waals surface area contributed by atoms with Crippen molar-refractivity contribution in [3.05, 3.63) is 30.0 Å². The van der Waals surface area contributed by atoms with E-state index in [1.54, 1.807) is 30.0 Å². The number of carbonyl (C=O) groups is 1. The number of aliphatic hydroxyl groups is 4. The molecule has 5 atom stereocenters. The first-order chi connectivity index (χ1) is 13.4. The van der Waals surface area contributed by atoms with Crippen LogP contribution >= 0.6 is 0 Å². The molecule has 28 heavy (non-hydrogen) atoms. The molecule has 0 bridgehead atoms. The molecule has 1 fully saturated rings. The lowest BCUT2D eigenvalue weighted by atomic mass is 9.98. The van der Waals surface area contributed by atoms with Gasteiger partial charge in [0.25, 0.3) is 0 Å². The summed E-state index contributed by atoms with van der Waals surface area (Å²) < 4.78 is 12.7. The second kappa shape index (κ2) is 8.46. The van der Waals surface area contributed by atoms with Gasteiger partial charge in [0.15, 0.2) is 6.23 Å². The Labute approximate surface area is 162 Å². The Morgan fingerprint density at radius 1 is 1.25 bits per heavy atom. The van der Waals surface area contributed by atoms with E-state index in [0.29, 0.717) is 18.7 Å². The molecule has 154 valence electrons. The normalized spacial score (nSPS) is 27.7. The summed E-state index contributed by atoms with van der Waals surface area (Å²) in [7, 11) is 1.56. The van der Waals surface area contributed by atoms with Crippen LogP contribution in [-0.2, 0) is 16.0 Å². The van der Waals surface area contributed by atoms with Gasteiger partial charge in [-0.15, -0.1) is 0 Å². The Kier molecular flexibility index (Phi) is 6.21. The lowest BCUT2D eigenvalue weighted by molar-refractivity contribution is -0.250. The fraction of sp³-hybridized carbons (Fsp3) is 0.526. The molecule has 9 nitrogen and oxygen atoms in total. The van der Waals surface area contributed by atoms with E-state index in [9.17, 15) is 25.2 Å². The van der Waals surface area contributed by atoms with E-state index in [1.165, 1.54) is 6.92 Å². The van der Waals surface area contributed by atoms with Gasteiger partial charge in [-0.25, -0.2) is 0 Å². The van der Waals surface area contributed by atoms with E-state index in [4.69, 9.17) is 9.47 Å². The van der Waals surface area contributed by atoms with Crippen LogP contribution in [0.4, 0.5) is 0 Å². The lowest BCUT2D eigenvalue weighted by Gasteiger charge is -2.40. The molecule has 0 saturated carbocycles. The Morgan fingerprint density at radius 3 is 2.64 bits per heavy atom. The number of aliphatic hydroxyl groups excluding tert-OH is 4. The largest absolute Gasteiger partial charge is 0.497 e. The van der Waals surface area contributed by atoms with E-state index in [0.717, 1.165) is 16.5 Å². The zero-order valence-corrected chi connectivity index (χ0v) is 15.8.